The molecule has 9 heteroatoms. The van der Waals surface area contributed by atoms with Gasteiger partial charge in [0, 0.05) is 26.0 Å². The number of rotatable bonds is 4. The van der Waals surface area contributed by atoms with Gasteiger partial charge < -0.3 is 24.7 Å². The lowest BCUT2D eigenvalue weighted by Gasteiger charge is -2.19. The molecule has 0 bridgehead atoms. The van der Waals surface area contributed by atoms with Crippen LogP contribution in [-0.4, -0.2) is 37.7 Å². The summed E-state index contributed by atoms with van der Waals surface area (Å²) in [5.41, 5.74) is 6.24. The number of hydrogen-bond acceptors (Lipinski definition) is 5. The first-order chi connectivity index (χ1) is 12.3. The second kappa shape index (κ2) is 6.82. The van der Waals surface area contributed by atoms with E-state index in [2.05, 4.69) is 5.32 Å². The summed E-state index contributed by atoms with van der Waals surface area (Å²) in [6.45, 7) is 6.85. The standard InChI is InChI=1S/C18H24N4O5/c1-9-12(13(19)14(16(24)25)22(9)6)15(23)11-7-10(8-21(11)5)20-17(26)27-18(2,3)4/h7-8H,19H2,1-6H3,(H,20,26)(H,24,25). The molecular weight excluding hydrogens is 352 g/mol. The van der Waals surface area contributed by atoms with Crippen molar-refractivity contribution >= 4 is 29.2 Å². The first-order valence-electron chi connectivity index (χ1n) is 8.22. The van der Waals surface area contributed by atoms with Gasteiger partial charge in [-0.25, -0.2) is 9.59 Å². The van der Waals surface area contributed by atoms with E-state index in [1.54, 1.807) is 40.9 Å². The van der Waals surface area contributed by atoms with Gasteiger partial charge in [0.1, 0.15) is 5.60 Å². The van der Waals surface area contributed by atoms with Crippen LogP contribution < -0.4 is 11.1 Å². The number of ether oxygens (including phenoxy) is 1. The number of nitrogens with one attached hydrogen (secondary N) is 1. The van der Waals surface area contributed by atoms with Gasteiger partial charge in [-0.3, -0.25) is 10.1 Å². The first-order valence-corrected chi connectivity index (χ1v) is 8.22. The van der Waals surface area contributed by atoms with Crippen molar-refractivity contribution in [1.29, 1.82) is 0 Å². The molecule has 0 fully saturated rings. The number of anilines is 2. The Morgan fingerprint density at radius 3 is 2.30 bits per heavy atom. The Balaban J connectivity index is 2.37. The van der Waals surface area contributed by atoms with E-state index in [9.17, 15) is 19.5 Å². The highest BCUT2D eigenvalue weighted by molar-refractivity contribution is 6.15. The Labute approximate surface area is 156 Å². The molecule has 0 aromatic carbocycles. The largest absolute Gasteiger partial charge is 0.477 e. The molecule has 2 aromatic rings. The topological polar surface area (TPSA) is 129 Å². The Bertz CT molecular complexity index is 931. The average Bonchev–Trinajstić information content (AvgIpc) is 2.94. The number of aromatic carboxylic acids is 1. The van der Waals surface area contributed by atoms with Crippen LogP contribution in [0.1, 0.15) is 53.0 Å². The fourth-order valence-corrected chi connectivity index (χ4v) is 2.78. The molecule has 27 heavy (non-hydrogen) atoms. The summed E-state index contributed by atoms with van der Waals surface area (Å²) in [6.07, 6.45) is 0.916. The van der Waals surface area contributed by atoms with Crippen LogP contribution in [0.2, 0.25) is 0 Å². The quantitative estimate of drug-likeness (QED) is 0.703. The number of carbonyl (C=O) groups excluding carboxylic acids is 2. The Hall–Kier alpha value is -3.23. The van der Waals surface area contributed by atoms with E-state index in [1.165, 1.54) is 22.2 Å². The molecule has 0 unspecified atom stereocenters. The molecule has 0 atom stereocenters. The highest BCUT2D eigenvalue weighted by Gasteiger charge is 2.28. The minimum Gasteiger partial charge on any atom is -0.477 e. The summed E-state index contributed by atoms with van der Waals surface area (Å²) in [6, 6.07) is 1.48. The molecule has 4 N–H and O–H groups in total. The molecular formula is C18H24N4O5. The summed E-state index contributed by atoms with van der Waals surface area (Å²) in [4.78, 5) is 36.3. The van der Waals surface area contributed by atoms with E-state index in [4.69, 9.17) is 10.5 Å². The normalized spacial score (nSPS) is 11.3. The lowest BCUT2D eigenvalue weighted by Crippen LogP contribution is -2.27. The minimum atomic E-state index is -1.21. The number of nitrogens with zero attached hydrogens (tertiary/aromatic N) is 2. The van der Waals surface area contributed by atoms with Gasteiger partial charge in [-0.2, -0.15) is 0 Å². The zero-order chi connectivity index (χ0) is 20.7. The van der Waals surface area contributed by atoms with Crippen LogP contribution in [0, 0.1) is 6.92 Å². The number of ketones is 1. The number of hydrogen-bond donors (Lipinski definition) is 3. The summed E-state index contributed by atoms with van der Waals surface area (Å²) >= 11 is 0. The smallest absolute Gasteiger partial charge is 0.412 e. The molecule has 2 rings (SSSR count). The summed E-state index contributed by atoms with van der Waals surface area (Å²) in [7, 11) is 3.17. The van der Waals surface area contributed by atoms with Crippen molar-refractivity contribution < 1.29 is 24.2 Å². The van der Waals surface area contributed by atoms with Gasteiger partial charge in [-0.1, -0.05) is 0 Å². The number of carbonyl (C=O) groups is 3. The van der Waals surface area contributed by atoms with E-state index < -0.39 is 23.4 Å². The molecule has 0 saturated carbocycles. The second-order valence-electron chi connectivity index (χ2n) is 7.27. The molecule has 146 valence electrons. The molecule has 0 radical (unpaired) electrons. The molecule has 9 nitrogen and oxygen atoms in total. The van der Waals surface area contributed by atoms with Crippen LogP contribution >= 0.6 is 0 Å². The molecule has 0 aliphatic carbocycles. The molecule has 2 heterocycles. The van der Waals surface area contributed by atoms with Crippen molar-refractivity contribution in [3.05, 3.63) is 34.9 Å². The van der Waals surface area contributed by atoms with Gasteiger partial charge in [-0.05, 0) is 33.8 Å². The lowest BCUT2D eigenvalue weighted by atomic mass is 10.1. The maximum Gasteiger partial charge on any atom is 0.412 e. The molecule has 0 spiro atoms. The third-order valence-electron chi connectivity index (χ3n) is 4.04. The monoisotopic (exact) mass is 376 g/mol. The number of carboxylic acid groups (broad SMARTS) is 1. The second-order valence-corrected chi connectivity index (χ2v) is 7.27. The number of carboxylic acids is 1. The van der Waals surface area contributed by atoms with Crippen LogP contribution in [0.5, 0.6) is 0 Å². The van der Waals surface area contributed by atoms with Gasteiger partial charge >= 0.3 is 12.1 Å². The zero-order valence-electron chi connectivity index (χ0n) is 16.2. The summed E-state index contributed by atoms with van der Waals surface area (Å²) in [5, 5.41) is 11.9. The fourth-order valence-electron chi connectivity index (χ4n) is 2.78. The minimum absolute atomic E-state index is 0.0876. The number of aryl methyl sites for hydroxylation is 1. The van der Waals surface area contributed by atoms with Crippen LogP contribution in [-0.2, 0) is 18.8 Å². The van der Waals surface area contributed by atoms with E-state index in [-0.39, 0.29) is 22.6 Å². The molecule has 2 aromatic heterocycles. The van der Waals surface area contributed by atoms with Crippen molar-refractivity contribution in [2.45, 2.75) is 33.3 Å². The highest BCUT2D eigenvalue weighted by Crippen LogP contribution is 2.28. The van der Waals surface area contributed by atoms with Crippen molar-refractivity contribution in [1.82, 2.24) is 9.13 Å². The number of nitrogen functional groups attached to an aromatic ring is 1. The summed E-state index contributed by atoms with van der Waals surface area (Å²) in [5.74, 6) is -1.65. The third kappa shape index (κ3) is 3.97. The lowest BCUT2D eigenvalue weighted by molar-refractivity contribution is 0.0633. The maximum atomic E-state index is 13.0. The van der Waals surface area contributed by atoms with Crippen LogP contribution in [0.15, 0.2) is 12.3 Å². The van der Waals surface area contributed by atoms with E-state index in [0.29, 0.717) is 11.4 Å². The number of nitrogens with two attached hydrogens (primary N) is 1. The van der Waals surface area contributed by atoms with Crippen LogP contribution in [0.4, 0.5) is 16.2 Å². The molecule has 0 aliphatic heterocycles. The summed E-state index contributed by atoms with van der Waals surface area (Å²) < 4.78 is 8.08. The number of aromatic nitrogens is 2. The zero-order valence-corrected chi connectivity index (χ0v) is 16.2. The highest BCUT2D eigenvalue weighted by atomic mass is 16.6. The van der Waals surface area contributed by atoms with Gasteiger partial charge in [-0.15, -0.1) is 0 Å². The Morgan fingerprint density at radius 2 is 1.81 bits per heavy atom. The molecule has 0 saturated heterocycles. The maximum absolute atomic E-state index is 13.0. The third-order valence-corrected chi connectivity index (χ3v) is 4.04. The fraction of sp³-hybridized carbons (Fsp3) is 0.389. The van der Waals surface area contributed by atoms with Crippen molar-refractivity contribution in [2.75, 3.05) is 11.1 Å². The Kier molecular flexibility index (Phi) is 5.08. The Morgan fingerprint density at radius 1 is 1.22 bits per heavy atom. The number of amides is 1. The first kappa shape index (κ1) is 20.1. The van der Waals surface area contributed by atoms with Crippen molar-refractivity contribution in [3.8, 4) is 0 Å². The average molecular weight is 376 g/mol. The molecule has 1 amide bonds. The van der Waals surface area contributed by atoms with Gasteiger partial charge in [0.05, 0.1) is 22.6 Å². The predicted molar refractivity (Wildman–Crippen MR) is 100 cm³/mol. The van der Waals surface area contributed by atoms with Crippen molar-refractivity contribution in [3.63, 3.8) is 0 Å². The van der Waals surface area contributed by atoms with E-state index in [0.717, 1.165) is 0 Å². The van der Waals surface area contributed by atoms with Gasteiger partial charge in [0.15, 0.2) is 5.69 Å². The SMILES string of the molecule is Cc1c(C(=O)c2cc(NC(=O)OC(C)(C)C)cn2C)c(N)c(C(=O)O)n1C. The predicted octanol–water partition coefficient (Wildman–Crippen LogP) is 2.53. The van der Waals surface area contributed by atoms with Gasteiger partial charge in [0.25, 0.3) is 0 Å². The molecule has 0 aliphatic rings. The van der Waals surface area contributed by atoms with Crippen molar-refractivity contribution in [2.24, 2.45) is 14.1 Å². The van der Waals surface area contributed by atoms with E-state index in [1.807, 2.05) is 0 Å². The van der Waals surface area contributed by atoms with Crippen LogP contribution in [0.25, 0.3) is 0 Å². The van der Waals surface area contributed by atoms with Gasteiger partial charge in [0.2, 0.25) is 5.78 Å². The van der Waals surface area contributed by atoms with Crippen LogP contribution in [0.3, 0.4) is 0 Å². The van der Waals surface area contributed by atoms with E-state index >= 15 is 0 Å².